The van der Waals surface area contributed by atoms with Crippen LogP contribution in [0.3, 0.4) is 0 Å². The summed E-state index contributed by atoms with van der Waals surface area (Å²) in [6.45, 7) is 5.56. The number of rotatable bonds is 3. The van der Waals surface area contributed by atoms with Crippen LogP contribution in [0.5, 0.6) is 0 Å². The van der Waals surface area contributed by atoms with Crippen LogP contribution in [0.15, 0.2) is 24.3 Å². The van der Waals surface area contributed by atoms with E-state index >= 15 is 0 Å². The average molecular weight is 347 g/mol. The lowest BCUT2D eigenvalue weighted by Crippen LogP contribution is -2.45. The molecule has 0 aliphatic carbocycles. The van der Waals surface area contributed by atoms with Crippen molar-refractivity contribution >= 4 is 17.9 Å². The van der Waals surface area contributed by atoms with E-state index in [1.54, 1.807) is 32.7 Å². The summed E-state index contributed by atoms with van der Waals surface area (Å²) in [6, 6.07) is 6.81. The molecule has 1 aromatic carbocycles. The van der Waals surface area contributed by atoms with Crippen molar-refractivity contribution in [1.29, 1.82) is 0 Å². The molecule has 1 unspecified atom stereocenters. The smallest absolute Gasteiger partial charge is 0.408 e. The highest BCUT2D eigenvalue weighted by atomic mass is 16.6. The van der Waals surface area contributed by atoms with Crippen molar-refractivity contribution in [3.05, 3.63) is 35.4 Å². The molecule has 136 valence electrons. The van der Waals surface area contributed by atoms with Gasteiger partial charge in [-0.2, -0.15) is 0 Å². The molecule has 7 heteroatoms. The van der Waals surface area contributed by atoms with Gasteiger partial charge in [0.2, 0.25) is 11.8 Å². The molecule has 1 aliphatic heterocycles. The number of hydrogen-bond acceptors (Lipinski definition) is 4. The normalized spacial score (nSPS) is 17.4. The van der Waals surface area contributed by atoms with Gasteiger partial charge in [0.1, 0.15) is 18.2 Å². The highest BCUT2D eigenvalue weighted by Crippen LogP contribution is 2.24. The number of alkyl carbamates (subject to hydrolysis) is 1. The molecule has 0 saturated carbocycles. The minimum atomic E-state index is -0.753. The third kappa shape index (κ3) is 5.20. The van der Waals surface area contributed by atoms with E-state index in [1.807, 2.05) is 24.3 Å². The zero-order valence-electron chi connectivity index (χ0n) is 15.1. The van der Waals surface area contributed by atoms with E-state index < -0.39 is 23.6 Å². The average Bonchev–Trinajstić information content (AvgIpc) is 2.64. The quantitative estimate of drug-likeness (QED) is 0.865. The monoisotopic (exact) mass is 347 g/mol. The first-order valence-electron chi connectivity index (χ1n) is 8.26. The van der Waals surface area contributed by atoms with Gasteiger partial charge in [-0.3, -0.25) is 9.59 Å². The number of hydrogen-bond donors (Lipinski definition) is 2. The molecule has 7 nitrogen and oxygen atoms in total. The lowest BCUT2D eigenvalue weighted by Gasteiger charge is -2.22. The Kier molecular flexibility index (Phi) is 5.66. The van der Waals surface area contributed by atoms with Gasteiger partial charge in [-0.15, -0.1) is 0 Å². The second-order valence-electron chi connectivity index (χ2n) is 7.06. The van der Waals surface area contributed by atoms with Gasteiger partial charge in [0.25, 0.3) is 0 Å². The van der Waals surface area contributed by atoms with Crippen molar-refractivity contribution in [3.63, 3.8) is 0 Å². The van der Waals surface area contributed by atoms with Crippen molar-refractivity contribution in [2.75, 3.05) is 20.1 Å². The molecular formula is C18H25N3O4. The van der Waals surface area contributed by atoms with E-state index in [0.717, 1.165) is 17.5 Å². The van der Waals surface area contributed by atoms with Gasteiger partial charge in [0, 0.05) is 13.6 Å². The van der Waals surface area contributed by atoms with E-state index in [2.05, 4.69) is 10.6 Å². The van der Waals surface area contributed by atoms with E-state index in [-0.39, 0.29) is 12.5 Å². The molecule has 0 saturated heterocycles. The van der Waals surface area contributed by atoms with Crippen LogP contribution >= 0.6 is 0 Å². The highest BCUT2D eigenvalue weighted by molar-refractivity contribution is 5.90. The lowest BCUT2D eigenvalue weighted by molar-refractivity contribution is -0.135. The van der Waals surface area contributed by atoms with Crippen LogP contribution in [0.2, 0.25) is 0 Å². The van der Waals surface area contributed by atoms with E-state index in [9.17, 15) is 14.4 Å². The SMILES string of the molecule is CN1CCc2ccccc2C(NC(=O)CNC(=O)OC(C)(C)C)C1=O. The Morgan fingerprint density at radius 2 is 1.96 bits per heavy atom. The zero-order valence-corrected chi connectivity index (χ0v) is 15.1. The van der Waals surface area contributed by atoms with Crippen molar-refractivity contribution in [3.8, 4) is 0 Å². The first kappa shape index (κ1) is 18.8. The van der Waals surface area contributed by atoms with Crippen molar-refractivity contribution in [1.82, 2.24) is 15.5 Å². The number of carbonyl (C=O) groups excluding carboxylic acids is 3. The Morgan fingerprint density at radius 1 is 1.28 bits per heavy atom. The summed E-state index contributed by atoms with van der Waals surface area (Å²) >= 11 is 0. The van der Waals surface area contributed by atoms with Gasteiger partial charge >= 0.3 is 6.09 Å². The maximum absolute atomic E-state index is 12.6. The summed E-state index contributed by atoms with van der Waals surface area (Å²) in [7, 11) is 1.71. The van der Waals surface area contributed by atoms with Gasteiger partial charge in [-0.25, -0.2) is 4.79 Å². The molecule has 2 N–H and O–H groups in total. The number of benzene rings is 1. The molecular weight excluding hydrogens is 322 g/mol. The molecule has 0 fully saturated rings. The molecule has 0 spiro atoms. The topological polar surface area (TPSA) is 87.7 Å². The molecule has 0 bridgehead atoms. The minimum Gasteiger partial charge on any atom is -0.444 e. The first-order valence-corrected chi connectivity index (χ1v) is 8.26. The van der Waals surface area contributed by atoms with Crippen LogP contribution in [-0.4, -0.2) is 48.5 Å². The van der Waals surface area contributed by atoms with E-state index in [1.165, 1.54) is 0 Å². The first-order chi connectivity index (χ1) is 11.7. The number of amides is 3. The second kappa shape index (κ2) is 7.55. The fraction of sp³-hybridized carbons (Fsp3) is 0.500. The number of likely N-dealkylation sites (N-methyl/N-ethyl adjacent to an activating group) is 1. The van der Waals surface area contributed by atoms with Gasteiger partial charge in [0.05, 0.1) is 0 Å². The third-order valence-electron chi connectivity index (χ3n) is 3.80. The molecule has 1 atom stereocenters. The number of nitrogens with zero attached hydrogens (tertiary/aromatic N) is 1. The van der Waals surface area contributed by atoms with Crippen LogP contribution in [0.25, 0.3) is 0 Å². The Balaban J connectivity index is 2.03. The molecule has 1 heterocycles. The maximum atomic E-state index is 12.6. The summed E-state index contributed by atoms with van der Waals surface area (Å²) in [6.07, 6.45) is 0.0633. The minimum absolute atomic E-state index is 0.171. The zero-order chi connectivity index (χ0) is 18.6. The van der Waals surface area contributed by atoms with Gasteiger partial charge in [-0.1, -0.05) is 24.3 Å². The fourth-order valence-corrected chi connectivity index (χ4v) is 2.61. The number of ether oxygens (including phenoxy) is 1. The third-order valence-corrected chi connectivity index (χ3v) is 3.80. The summed E-state index contributed by atoms with van der Waals surface area (Å²) in [5.41, 5.74) is 1.19. The van der Waals surface area contributed by atoms with Crippen LogP contribution < -0.4 is 10.6 Å². The number of fused-ring (bicyclic) bond motifs is 1. The van der Waals surface area contributed by atoms with Crippen LogP contribution in [0.1, 0.15) is 37.9 Å². The van der Waals surface area contributed by atoms with Crippen molar-refractivity contribution in [2.45, 2.75) is 38.8 Å². The number of carbonyl (C=O) groups is 3. The van der Waals surface area contributed by atoms with Crippen LogP contribution in [-0.2, 0) is 20.7 Å². The molecule has 25 heavy (non-hydrogen) atoms. The summed E-state index contributed by atoms with van der Waals surface area (Å²) < 4.78 is 5.09. The predicted molar refractivity (Wildman–Crippen MR) is 92.9 cm³/mol. The Labute approximate surface area is 147 Å². The summed E-state index contributed by atoms with van der Waals surface area (Å²) in [5, 5.41) is 5.11. The van der Waals surface area contributed by atoms with E-state index in [0.29, 0.717) is 6.54 Å². The van der Waals surface area contributed by atoms with Crippen LogP contribution in [0.4, 0.5) is 4.79 Å². The molecule has 3 amide bonds. The highest BCUT2D eigenvalue weighted by Gasteiger charge is 2.30. The molecule has 2 rings (SSSR count). The molecule has 1 aromatic rings. The van der Waals surface area contributed by atoms with Gasteiger partial charge < -0.3 is 20.3 Å². The van der Waals surface area contributed by atoms with Gasteiger partial charge in [0.15, 0.2) is 0 Å². The predicted octanol–water partition coefficient (Wildman–Crippen LogP) is 1.38. The largest absolute Gasteiger partial charge is 0.444 e. The van der Waals surface area contributed by atoms with Crippen molar-refractivity contribution < 1.29 is 19.1 Å². The van der Waals surface area contributed by atoms with Crippen molar-refractivity contribution in [2.24, 2.45) is 0 Å². The Hall–Kier alpha value is -2.57. The van der Waals surface area contributed by atoms with E-state index in [4.69, 9.17) is 4.74 Å². The summed E-state index contributed by atoms with van der Waals surface area (Å²) in [5.74, 6) is -0.620. The number of nitrogens with one attached hydrogen (secondary N) is 2. The Morgan fingerprint density at radius 3 is 2.64 bits per heavy atom. The standard InChI is InChI=1S/C18H25N3O4/c1-18(2,3)25-17(24)19-11-14(22)20-15-13-8-6-5-7-12(13)9-10-21(4)16(15)23/h5-8,15H,9-11H2,1-4H3,(H,19,24)(H,20,22). The summed E-state index contributed by atoms with van der Waals surface area (Å²) in [4.78, 5) is 38.0. The van der Waals surface area contributed by atoms with Crippen LogP contribution in [0, 0.1) is 0 Å². The fourth-order valence-electron chi connectivity index (χ4n) is 2.61. The Bertz CT molecular complexity index is 667. The lowest BCUT2D eigenvalue weighted by atomic mass is 9.99. The maximum Gasteiger partial charge on any atom is 0.408 e. The molecule has 0 aromatic heterocycles. The molecule has 1 aliphatic rings. The molecule has 0 radical (unpaired) electrons. The second-order valence-corrected chi connectivity index (χ2v) is 7.06. The van der Waals surface area contributed by atoms with Gasteiger partial charge in [-0.05, 0) is 38.3 Å².